The SMILES string of the molecule is Cc1cccc(OCCN(C)C(=O)CC(N)C(C)C)c1. The maximum Gasteiger partial charge on any atom is 0.223 e. The molecule has 0 heterocycles. The highest BCUT2D eigenvalue weighted by atomic mass is 16.5. The van der Waals surface area contributed by atoms with Crippen LogP contribution in [0.5, 0.6) is 5.75 Å². The fourth-order valence-corrected chi connectivity index (χ4v) is 1.72. The number of hydrogen-bond acceptors (Lipinski definition) is 3. The molecule has 0 aromatic heterocycles. The Morgan fingerprint density at radius 3 is 2.70 bits per heavy atom. The van der Waals surface area contributed by atoms with Gasteiger partial charge in [0.05, 0.1) is 6.54 Å². The molecule has 1 amide bonds. The van der Waals surface area contributed by atoms with Crippen molar-refractivity contribution in [3.63, 3.8) is 0 Å². The summed E-state index contributed by atoms with van der Waals surface area (Å²) in [4.78, 5) is 13.6. The van der Waals surface area contributed by atoms with Crippen LogP contribution in [0.15, 0.2) is 24.3 Å². The van der Waals surface area contributed by atoms with Gasteiger partial charge in [-0.1, -0.05) is 26.0 Å². The van der Waals surface area contributed by atoms with Gasteiger partial charge in [0, 0.05) is 19.5 Å². The number of aryl methyl sites for hydroxylation is 1. The van der Waals surface area contributed by atoms with Crippen LogP contribution in [0.3, 0.4) is 0 Å². The number of carbonyl (C=O) groups is 1. The number of nitrogens with zero attached hydrogens (tertiary/aromatic N) is 1. The Balaban J connectivity index is 2.32. The summed E-state index contributed by atoms with van der Waals surface area (Å²) in [7, 11) is 1.79. The predicted molar refractivity (Wildman–Crippen MR) is 81.7 cm³/mol. The van der Waals surface area contributed by atoms with Crippen molar-refractivity contribution in [1.29, 1.82) is 0 Å². The highest BCUT2D eigenvalue weighted by Gasteiger charge is 2.16. The Morgan fingerprint density at radius 1 is 1.40 bits per heavy atom. The maximum absolute atomic E-state index is 11.9. The second-order valence-corrected chi connectivity index (χ2v) is 5.59. The van der Waals surface area contributed by atoms with Gasteiger partial charge in [0.2, 0.25) is 5.91 Å². The van der Waals surface area contributed by atoms with Crippen molar-refractivity contribution in [2.24, 2.45) is 11.7 Å². The molecular weight excluding hydrogens is 252 g/mol. The van der Waals surface area contributed by atoms with Gasteiger partial charge < -0.3 is 15.4 Å². The molecule has 0 saturated heterocycles. The van der Waals surface area contributed by atoms with E-state index in [1.165, 1.54) is 0 Å². The van der Waals surface area contributed by atoms with E-state index in [0.717, 1.165) is 11.3 Å². The summed E-state index contributed by atoms with van der Waals surface area (Å²) < 4.78 is 5.63. The van der Waals surface area contributed by atoms with Crippen molar-refractivity contribution < 1.29 is 9.53 Å². The van der Waals surface area contributed by atoms with E-state index in [1.54, 1.807) is 11.9 Å². The lowest BCUT2D eigenvalue weighted by Crippen LogP contribution is -2.37. The van der Waals surface area contributed by atoms with E-state index in [2.05, 4.69) is 0 Å². The fourth-order valence-electron chi connectivity index (χ4n) is 1.72. The van der Waals surface area contributed by atoms with Crippen LogP contribution in [-0.2, 0) is 4.79 Å². The zero-order valence-corrected chi connectivity index (χ0v) is 12.9. The molecule has 0 aliphatic carbocycles. The minimum absolute atomic E-state index is 0.0686. The molecule has 0 aliphatic heterocycles. The van der Waals surface area contributed by atoms with Gasteiger partial charge in [-0.3, -0.25) is 4.79 Å². The second kappa shape index (κ2) is 7.90. The van der Waals surface area contributed by atoms with E-state index in [1.807, 2.05) is 45.0 Å². The molecule has 1 atom stereocenters. The number of amides is 1. The number of hydrogen-bond donors (Lipinski definition) is 1. The number of likely N-dealkylation sites (N-methyl/N-ethyl adjacent to an activating group) is 1. The van der Waals surface area contributed by atoms with Crippen LogP contribution in [0.2, 0.25) is 0 Å². The molecule has 0 aliphatic rings. The normalized spacial score (nSPS) is 12.3. The molecule has 1 aromatic carbocycles. The first-order chi connectivity index (χ1) is 9.40. The molecule has 0 spiro atoms. The monoisotopic (exact) mass is 278 g/mol. The molecule has 1 unspecified atom stereocenters. The highest BCUT2D eigenvalue weighted by molar-refractivity contribution is 5.76. The summed E-state index contributed by atoms with van der Waals surface area (Å²) in [5.74, 6) is 1.22. The van der Waals surface area contributed by atoms with Crippen molar-refractivity contribution in [1.82, 2.24) is 4.90 Å². The molecule has 2 N–H and O–H groups in total. The Labute approximate surface area is 121 Å². The molecule has 0 fully saturated rings. The van der Waals surface area contributed by atoms with E-state index < -0.39 is 0 Å². The number of nitrogens with two attached hydrogens (primary N) is 1. The number of carbonyl (C=O) groups excluding carboxylic acids is 1. The molecule has 0 saturated carbocycles. The number of ether oxygens (including phenoxy) is 1. The first kappa shape index (κ1) is 16.5. The molecule has 4 heteroatoms. The van der Waals surface area contributed by atoms with E-state index in [0.29, 0.717) is 25.5 Å². The Morgan fingerprint density at radius 2 is 2.10 bits per heavy atom. The third kappa shape index (κ3) is 5.61. The van der Waals surface area contributed by atoms with Gasteiger partial charge in [0.15, 0.2) is 0 Å². The van der Waals surface area contributed by atoms with Gasteiger partial charge >= 0.3 is 0 Å². The van der Waals surface area contributed by atoms with Crippen LogP contribution >= 0.6 is 0 Å². The quantitative estimate of drug-likeness (QED) is 0.832. The van der Waals surface area contributed by atoms with Crippen LogP contribution in [0.25, 0.3) is 0 Å². The predicted octanol–water partition coefficient (Wildman–Crippen LogP) is 2.21. The van der Waals surface area contributed by atoms with Crippen LogP contribution in [0.4, 0.5) is 0 Å². The maximum atomic E-state index is 11.9. The smallest absolute Gasteiger partial charge is 0.223 e. The largest absolute Gasteiger partial charge is 0.492 e. The molecule has 20 heavy (non-hydrogen) atoms. The molecule has 112 valence electrons. The minimum Gasteiger partial charge on any atom is -0.492 e. The lowest BCUT2D eigenvalue weighted by molar-refractivity contribution is -0.130. The van der Waals surface area contributed by atoms with Gasteiger partial charge in [-0.2, -0.15) is 0 Å². The first-order valence-corrected chi connectivity index (χ1v) is 7.09. The third-order valence-electron chi connectivity index (χ3n) is 3.38. The molecule has 4 nitrogen and oxygen atoms in total. The molecule has 0 radical (unpaired) electrons. The minimum atomic E-state index is -0.0809. The van der Waals surface area contributed by atoms with E-state index in [4.69, 9.17) is 10.5 Å². The average molecular weight is 278 g/mol. The average Bonchev–Trinajstić information content (AvgIpc) is 2.38. The topological polar surface area (TPSA) is 55.6 Å². The standard InChI is InChI=1S/C16H26N2O2/c1-12(2)15(17)11-16(19)18(4)8-9-20-14-7-5-6-13(3)10-14/h5-7,10,12,15H,8-9,11,17H2,1-4H3. The lowest BCUT2D eigenvalue weighted by Gasteiger charge is -2.21. The zero-order chi connectivity index (χ0) is 15.1. The van der Waals surface area contributed by atoms with Gasteiger partial charge in [0.25, 0.3) is 0 Å². The number of benzene rings is 1. The third-order valence-corrected chi connectivity index (χ3v) is 3.38. The summed E-state index contributed by atoms with van der Waals surface area (Å²) in [5.41, 5.74) is 7.07. The van der Waals surface area contributed by atoms with E-state index in [9.17, 15) is 4.79 Å². The molecule has 1 rings (SSSR count). The zero-order valence-electron chi connectivity index (χ0n) is 12.9. The van der Waals surface area contributed by atoms with Crippen LogP contribution in [0.1, 0.15) is 25.8 Å². The van der Waals surface area contributed by atoms with Gasteiger partial charge in [-0.05, 0) is 30.5 Å². The van der Waals surface area contributed by atoms with Crippen molar-refractivity contribution in [3.8, 4) is 5.75 Å². The summed E-state index contributed by atoms with van der Waals surface area (Å²) >= 11 is 0. The molecule has 0 bridgehead atoms. The van der Waals surface area contributed by atoms with Crippen molar-refractivity contribution >= 4 is 5.91 Å². The fraction of sp³-hybridized carbons (Fsp3) is 0.562. The first-order valence-electron chi connectivity index (χ1n) is 7.09. The Kier molecular flexibility index (Phi) is 6.52. The van der Waals surface area contributed by atoms with Crippen LogP contribution < -0.4 is 10.5 Å². The Hall–Kier alpha value is -1.55. The van der Waals surface area contributed by atoms with E-state index >= 15 is 0 Å². The van der Waals surface area contributed by atoms with Crippen molar-refractivity contribution in [2.75, 3.05) is 20.2 Å². The second-order valence-electron chi connectivity index (χ2n) is 5.59. The lowest BCUT2D eigenvalue weighted by atomic mass is 10.0. The van der Waals surface area contributed by atoms with Crippen molar-refractivity contribution in [2.45, 2.75) is 33.2 Å². The summed E-state index contributed by atoms with van der Waals surface area (Å²) in [5, 5.41) is 0. The Bertz CT molecular complexity index is 432. The van der Waals surface area contributed by atoms with Gasteiger partial charge in [-0.15, -0.1) is 0 Å². The van der Waals surface area contributed by atoms with E-state index in [-0.39, 0.29) is 11.9 Å². The van der Waals surface area contributed by atoms with Crippen LogP contribution in [-0.4, -0.2) is 37.0 Å². The summed E-state index contributed by atoms with van der Waals surface area (Å²) in [6.07, 6.45) is 0.388. The van der Waals surface area contributed by atoms with Gasteiger partial charge in [-0.25, -0.2) is 0 Å². The van der Waals surface area contributed by atoms with Crippen molar-refractivity contribution in [3.05, 3.63) is 29.8 Å². The van der Waals surface area contributed by atoms with Crippen LogP contribution in [0, 0.1) is 12.8 Å². The molecule has 1 aromatic rings. The summed E-state index contributed by atoms with van der Waals surface area (Å²) in [6, 6.07) is 7.81. The highest BCUT2D eigenvalue weighted by Crippen LogP contribution is 2.12. The van der Waals surface area contributed by atoms with Gasteiger partial charge in [0.1, 0.15) is 12.4 Å². The molecular formula is C16H26N2O2. The number of rotatable bonds is 7. The summed E-state index contributed by atoms with van der Waals surface area (Å²) in [6.45, 7) is 7.13.